The third-order valence-corrected chi connectivity index (χ3v) is 2.72. The number of hydrogen-bond acceptors (Lipinski definition) is 2. The maximum Gasteiger partial charge on any atom is 0.255 e. The third-order valence-electron chi connectivity index (χ3n) is 2.72. The van der Waals surface area contributed by atoms with Gasteiger partial charge in [0.15, 0.2) is 0 Å². The lowest BCUT2D eigenvalue weighted by Crippen LogP contribution is -2.25. The average Bonchev–Trinajstić information content (AvgIpc) is 2.54. The van der Waals surface area contributed by atoms with Gasteiger partial charge in [-0.2, -0.15) is 5.10 Å². The SMILES string of the molecule is CCCCNC(=O)c1c(C)nn(CC)c1C. The summed E-state index contributed by atoms with van der Waals surface area (Å²) in [6.07, 6.45) is 2.11. The predicted octanol–water partition coefficient (Wildman–Crippen LogP) is 2.05. The Labute approximate surface area is 97.0 Å². The van der Waals surface area contributed by atoms with Crippen LogP contribution in [0.3, 0.4) is 0 Å². The smallest absolute Gasteiger partial charge is 0.255 e. The largest absolute Gasteiger partial charge is 0.352 e. The maximum absolute atomic E-state index is 11.9. The molecule has 1 heterocycles. The van der Waals surface area contributed by atoms with Crippen LogP contribution in [0.4, 0.5) is 0 Å². The number of nitrogens with one attached hydrogen (secondary N) is 1. The molecule has 0 aromatic carbocycles. The van der Waals surface area contributed by atoms with Gasteiger partial charge >= 0.3 is 0 Å². The van der Waals surface area contributed by atoms with E-state index in [9.17, 15) is 4.79 Å². The molecule has 0 aliphatic rings. The van der Waals surface area contributed by atoms with Gasteiger partial charge in [-0.15, -0.1) is 0 Å². The average molecular weight is 223 g/mol. The first kappa shape index (κ1) is 12.7. The summed E-state index contributed by atoms with van der Waals surface area (Å²) in [6, 6.07) is 0. The zero-order chi connectivity index (χ0) is 12.1. The second kappa shape index (κ2) is 5.68. The number of hydrogen-bond donors (Lipinski definition) is 1. The van der Waals surface area contributed by atoms with Gasteiger partial charge < -0.3 is 5.32 Å². The molecule has 0 radical (unpaired) electrons. The number of amides is 1. The molecule has 0 aliphatic carbocycles. The van der Waals surface area contributed by atoms with Crippen LogP contribution in [-0.2, 0) is 6.54 Å². The number of carbonyl (C=O) groups excluding carboxylic acids is 1. The summed E-state index contributed by atoms with van der Waals surface area (Å²) >= 11 is 0. The normalized spacial score (nSPS) is 10.5. The molecule has 0 fully saturated rings. The van der Waals surface area contributed by atoms with Gasteiger partial charge in [0.1, 0.15) is 0 Å². The highest BCUT2D eigenvalue weighted by Gasteiger charge is 2.17. The van der Waals surface area contributed by atoms with E-state index in [1.54, 1.807) is 0 Å². The van der Waals surface area contributed by atoms with Gasteiger partial charge in [0, 0.05) is 18.8 Å². The molecule has 90 valence electrons. The van der Waals surface area contributed by atoms with Crippen LogP contribution in [0.15, 0.2) is 0 Å². The molecule has 0 spiro atoms. The molecule has 0 saturated carbocycles. The van der Waals surface area contributed by atoms with Gasteiger partial charge in [-0.05, 0) is 27.2 Å². The molecule has 0 atom stereocenters. The molecule has 1 rings (SSSR count). The van der Waals surface area contributed by atoms with Crippen LogP contribution < -0.4 is 5.32 Å². The van der Waals surface area contributed by atoms with Crippen LogP contribution in [0.25, 0.3) is 0 Å². The van der Waals surface area contributed by atoms with Crippen molar-refractivity contribution in [2.24, 2.45) is 0 Å². The highest BCUT2D eigenvalue weighted by atomic mass is 16.1. The zero-order valence-electron chi connectivity index (χ0n) is 10.6. The molecule has 4 nitrogen and oxygen atoms in total. The van der Waals surface area contributed by atoms with E-state index < -0.39 is 0 Å². The molecule has 1 N–H and O–H groups in total. The van der Waals surface area contributed by atoms with E-state index >= 15 is 0 Å². The van der Waals surface area contributed by atoms with E-state index in [0.29, 0.717) is 0 Å². The van der Waals surface area contributed by atoms with Crippen LogP contribution in [0.1, 0.15) is 48.4 Å². The molecule has 1 aromatic rings. The fourth-order valence-corrected chi connectivity index (χ4v) is 1.80. The Kier molecular flexibility index (Phi) is 4.52. The summed E-state index contributed by atoms with van der Waals surface area (Å²) in [5, 5.41) is 7.26. The van der Waals surface area contributed by atoms with Crippen LogP contribution >= 0.6 is 0 Å². The molecule has 0 bridgehead atoms. The minimum atomic E-state index is 0.00292. The Morgan fingerprint density at radius 2 is 2.06 bits per heavy atom. The van der Waals surface area contributed by atoms with Crippen molar-refractivity contribution in [1.82, 2.24) is 15.1 Å². The maximum atomic E-state index is 11.9. The van der Waals surface area contributed by atoms with Crippen LogP contribution in [0.5, 0.6) is 0 Å². The van der Waals surface area contributed by atoms with E-state index in [0.717, 1.165) is 42.9 Å². The number of aromatic nitrogens is 2. The molecule has 16 heavy (non-hydrogen) atoms. The molecule has 1 aromatic heterocycles. The molecular formula is C12H21N3O. The molecule has 0 aliphatic heterocycles. The minimum Gasteiger partial charge on any atom is -0.352 e. The fraction of sp³-hybridized carbons (Fsp3) is 0.667. The quantitative estimate of drug-likeness (QED) is 0.777. The summed E-state index contributed by atoms with van der Waals surface area (Å²) in [5.74, 6) is 0.00292. The Bertz CT molecular complexity index is 369. The van der Waals surface area contributed by atoms with Gasteiger partial charge in [0.25, 0.3) is 5.91 Å². The van der Waals surface area contributed by atoms with Gasteiger partial charge in [-0.25, -0.2) is 0 Å². The van der Waals surface area contributed by atoms with E-state index in [1.165, 1.54) is 0 Å². The van der Waals surface area contributed by atoms with Crippen molar-refractivity contribution in [3.8, 4) is 0 Å². The summed E-state index contributed by atoms with van der Waals surface area (Å²) in [5.41, 5.74) is 2.50. The van der Waals surface area contributed by atoms with Gasteiger partial charge in [-0.3, -0.25) is 9.48 Å². The van der Waals surface area contributed by atoms with Crippen molar-refractivity contribution in [1.29, 1.82) is 0 Å². The highest BCUT2D eigenvalue weighted by molar-refractivity contribution is 5.96. The molecular weight excluding hydrogens is 202 g/mol. The summed E-state index contributed by atoms with van der Waals surface area (Å²) in [7, 11) is 0. The predicted molar refractivity (Wildman–Crippen MR) is 64.6 cm³/mol. The number of aryl methyl sites for hydroxylation is 2. The second-order valence-electron chi connectivity index (χ2n) is 3.97. The molecule has 4 heteroatoms. The Morgan fingerprint density at radius 3 is 2.56 bits per heavy atom. The monoisotopic (exact) mass is 223 g/mol. The molecule has 1 amide bonds. The van der Waals surface area contributed by atoms with Crippen LogP contribution in [0.2, 0.25) is 0 Å². The van der Waals surface area contributed by atoms with Gasteiger partial charge in [-0.1, -0.05) is 13.3 Å². The lowest BCUT2D eigenvalue weighted by atomic mass is 10.2. The lowest BCUT2D eigenvalue weighted by molar-refractivity contribution is 0.0952. The first-order valence-corrected chi connectivity index (χ1v) is 5.94. The number of carbonyl (C=O) groups is 1. The topological polar surface area (TPSA) is 46.9 Å². The Balaban J connectivity index is 2.78. The number of nitrogens with zero attached hydrogens (tertiary/aromatic N) is 2. The summed E-state index contributed by atoms with van der Waals surface area (Å²) in [4.78, 5) is 11.9. The standard InChI is InChI=1S/C12H21N3O/c1-5-7-8-13-12(16)11-9(3)14-15(6-2)10(11)4/h5-8H2,1-4H3,(H,13,16). The molecule has 0 saturated heterocycles. The van der Waals surface area contributed by atoms with Crippen LogP contribution in [0, 0.1) is 13.8 Å². The lowest BCUT2D eigenvalue weighted by Gasteiger charge is -2.04. The zero-order valence-corrected chi connectivity index (χ0v) is 10.6. The number of unbranched alkanes of at least 4 members (excludes halogenated alkanes) is 1. The van der Waals surface area contributed by atoms with Crippen molar-refractivity contribution in [2.45, 2.75) is 47.1 Å². The fourth-order valence-electron chi connectivity index (χ4n) is 1.80. The van der Waals surface area contributed by atoms with Crippen molar-refractivity contribution in [2.75, 3.05) is 6.54 Å². The van der Waals surface area contributed by atoms with E-state index in [-0.39, 0.29) is 5.91 Å². The second-order valence-corrected chi connectivity index (χ2v) is 3.97. The Hall–Kier alpha value is -1.32. The van der Waals surface area contributed by atoms with Crippen molar-refractivity contribution >= 4 is 5.91 Å². The van der Waals surface area contributed by atoms with E-state index in [1.807, 2.05) is 25.5 Å². The first-order valence-electron chi connectivity index (χ1n) is 5.94. The number of rotatable bonds is 5. The van der Waals surface area contributed by atoms with Gasteiger partial charge in [0.2, 0.25) is 0 Å². The van der Waals surface area contributed by atoms with Crippen LogP contribution in [-0.4, -0.2) is 22.2 Å². The van der Waals surface area contributed by atoms with E-state index in [2.05, 4.69) is 17.3 Å². The highest BCUT2D eigenvalue weighted by Crippen LogP contribution is 2.12. The van der Waals surface area contributed by atoms with Gasteiger partial charge in [0.05, 0.1) is 11.3 Å². The molecule has 0 unspecified atom stereocenters. The van der Waals surface area contributed by atoms with Crippen molar-refractivity contribution < 1.29 is 4.79 Å². The first-order chi connectivity index (χ1) is 7.61. The van der Waals surface area contributed by atoms with Crippen molar-refractivity contribution in [3.05, 3.63) is 17.0 Å². The summed E-state index contributed by atoms with van der Waals surface area (Å²) < 4.78 is 1.87. The van der Waals surface area contributed by atoms with E-state index in [4.69, 9.17) is 0 Å². The summed E-state index contributed by atoms with van der Waals surface area (Å²) in [6.45, 7) is 9.50. The van der Waals surface area contributed by atoms with Crippen molar-refractivity contribution in [3.63, 3.8) is 0 Å². The Morgan fingerprint density at radius 1 is 1.38 bits per heavy atom. The minimum absolute atomic E-state index is 0.00292. The third kappa shape index (κ3) is 2.62.